The average Bonchev–Trinajstić information content (AvgIpc) is 3.38. The fraction of sp³-hybridized carbons (Fsp3) is 0.595. The molecular formula is C37H53NO5S2. The van der Waals surface area contributed by atoms with Gasteiger partial charge in [0.15, 0.2) is 4.34 Å². The van der Waals surface area contributed by atoms with Crippen LogP contribution >= 0.6 is 23.1 Å². The molecule has 0 bridgehead atoms. The highest BCUT2D eigenvalue weighted by Gasteiger charge is 2.32. The Morgan fingerprint density at radius 3 is 2.20 bits per heavy atom. The Morgan fingerprint density at radius 1 is 0.956 bits per heavy atom. The van der Waals surface area contributed by atoms with Gasteiger partial charge < -0.3 is 14.6 Å². The summed E-state index contributed by atoms with van der Waals surface area (Å²) in [7, 11) is 0. The summed E-state index contributed by atoms with van der Waals surface area (Å²) in [5.74, 6) is 0.151. The number of phenols is 1. The summed E-state index contributed by atoms with van der Waals surface area (Å²) in [5, 5.41) is 11.0. The first-order valence-corrected chi connectivity index (χ1v) is 18.0. The van der Waals surface area contributed by atoms with Crippen LogP contribution in [0.3, 0.4) is 0 Å². The van der Waals surface area contributed by atoms with Crippen LogP contribution in [0.2, 0.25) is 0 Å². The number of aromatic nitrogens is 1. The number of carbonyl (C=O) groups excluding carboxylic acids is 2. The lowest BCUT2D eigenvalue weighted by Gasteiger charge is -2.28. The number of nitrogens with zero attached hydrogens (tertiary/aromatic N) is 1. The maximum absolute atomic E-state index is 13.3. The summed E-state index contributed by atoms with van der Waals surface area (Å²) in [5.41, 5.74) is 2.55. The third-order valence-corrected chi connectivity index (χ3v) is 10.3. The fourth-order valence-electron chi connectivity index (χ4n) is 5.09. The molecule has 0 spiro atoms. The minimum atomic E-state index is -0.620. The molecule has 0 saturated heterocycles. The smallest absolute Gasteiger partial charge is 0.311 e. The van der Waals surface area contributed by atoms with Crippen LogP contribution in [0, 0.1) is 5.41 Å². The third-order valence-electron chi connectivity index (χ3n) is 7.98. The first-order chi connectivity index (χ1) is 21.0. The monoisotopic (exact) mass is 655 g/mol. The maximum Gasteiger partial charge on any atom is 0.311 e. The molecular weight excluding hydrogens is 603 g/mol. The van der Waals surface area contributed by atoms with E-state index in [0.717, 1.165) is 63.4 Å². The maximum atomic E-state index is 13.3. The SMILES string of the molecule is CCCCCCC(C)(C)C(=O)OC(COC(=O)CCc1cc(C(C)(C)C)c(O)c(C(C)(C)C)c1)CSc1nc2ccccc2s1. The highest BCUT2D eigenvalue weighted by atomic mass is 32.2. The van der Waals surface area contributed by atoms with Crippen LogP contribution in [0.25, 0.3) is 10.2 Å². The van der Waals surface area contributed by atoms with Crippen molar-refractivity contribution in [1.29, 1.82) is 0 Å². The number of fused-ring (bicyclic) bond motifs is 1. The highest BCUT2D eigenvalue weighted by Crippen LogP contribution is 2.40. The Bertz CT molecular complexity index is 1360. The number of para-hydroxylation sites is 1. The van der Waals surface area contributed by atoms with Gasteiger partial charge in [-0.15, -0.1) is 11.3 Å². The van der Waals surface area contributed by atoms with Crippen LogP contribution in [0.1, 0.15) is 118 Å². The average molecular weight is 656 g/mol. The zero-order chi connectivity index (χ0) is 33.4. The van der Waals surface area contributed by atoms with E-state index in [9.17, 15) is 14.7 Å². The van der Waals surface area contributed by atoms with Crippen molar-refractivity contribution < 1.29 is 24.2 Å². The van der Waals surface area contributed by atoms with Crippen molar-refractivity contribution in [3.8, 4) is 5.75 Å². The first kappa shape index (κ1) is 36.9. The number of rotatable bonds is 15. The second kappa shape index (κ2) is 15.8. The number of benzene rings is 2. The molecule has 1 unspecified atom stereocenters. The van der Waals surface area contributed by atoms with E-state index in [1.165, 1.54) is 11.8 Å². The van der Waals surface area contributed by atoms with Crippen LogP contribution in [0.5, 0.6) is 5.75 Å². The molecule has 1 N–H and O–H groups in total. The number of aryl methyl sites for hydroxylation is 1. The molecule has 3 aromatic rings. The number of esters is 2. The van der Waals surface area contributed by atoms with Gasteiger partial charge in [0, 0.05) is 12.2 Å². The van der Waals surface area contributed by atoms with Gasteiger partial charge in [-0.1, -0.05) is 110 Å². The number of phenolic OH excluding ortho intramolecular Hbond substituents is 1. The van der Waals surface area contributed by atoms with Gasteiger partial charge in [-0.05, 0) is 66.3 Å². The molecule has 0 aliphatic carbocycles. The van der Waals surface area contributed by atoms with Gasteiger partial charge in [0.1, 0.15) is 18.5 Å². The molecule has 0 aliphatic rings. The van der Waals surface area contributed by atoms with Crippen molar-refractivity contribution in [2.24, 2.45) is 5.41 Å². The topological polar surface area (TPSA) is 85.7 Å². The van der Waals surface area contributed by atoms with Gasteiger partial charge in [0.2, 0.25) is 0 Å². The van der Waals surface area contributed by atoms with Crippen molar-refractivity contribution in [3.63, 3.8) is 0 Å². The van der Waals surface area contributed by atoms with E-state index in [1.807, 2.05) is 50.2 Å². The molecule has 248 valence electrons. The molecule has 1 heterocycles. The van der Waals surface area contributed by atoms with E-state index in [4.69, 9.17) is 14.5 Å². The van der Waals surface area contributed by atoms with E-state index < -0.39 is 11.5 Å². The first-order valence-electron chi connectivity index (χ1n) is 16.2. The molecule has 0 saturated carbocycles. The van der Waals surface area contributed by atoms with E-state index in [2.05, 4.69) is 48.5 Å². The lowest BCUT2D eigenvalue weighted by molar-refractivity contribution is -0.165. The molecule has 0 radical (unpaired) electrons. The second-order valence-corrected chi connectivity index (χ2v) is 17.0. The molecule has 0 amide bonds. The number of ether oxygens (including phenoxy) is 2. The number of carbonyl (C=O) groups is 2. The van der Waals surface area contributed by atoms with Gasteiger partial charge in [0.05, 0.1) is 15.6 Å². The highest BCUT2D eigenvalue weighted by molar-refractivity contribution is 8.01. The van der Waals surface area contributed by atoms with Gasteiger partial charge in [-0.25, -0.2) is 4.98 Å². The minimum Gasteiger partial charge on any atom is -0.507 e. The van der Waals surface area contributed by atoms with Gasteiger partial charge in [0.25, 0.3) is 0 Å². The number of unbranched alkanes of at least 4 members (excludes halogenated alkanes) is 3. The number of thioether (sulfide) groups is 1. The lowest BCUT2D eigenvalue weighted by Crippen LogP contribution is -2.34. The lowest BCUT2D eigenvalue weighted by atomic mass is 9.78. The standard InChI is InChI=1S/C37H53NO5S2/c1-10-11-12-15-20-37(8,9)33(41)43-26(24-44-34-38-29-16-13-14-17-30(29)45-34)23-42-31(39)19-18-25-21-27(35(2,3)4)32(40)28(22-25)36(5,6)7/h13-14,16-17,21-22,26,40H,10-12,15,18-20,23-24H2,1-9H3. The molecule has 0 aliphatic heterocycles. The molecule has 45 heavy (non-hydrogen) atoms. The Kier molecular flexibility index (Phi) is 13.0. The van der Waals surface area contributed by atoms with Gasteiger partial charge in [-0.3, -0.25) is 9.59 Å². The number of hydrogen-bond donors (Lipinski definition) is 1. The zero-order valence-corrected chi connectivity index (χ0v) is 30.4. The number of aromatic hydroxyl groups is 1. The third kappa shape index (κ3) is 11.0. The largest absolute Gasteiger partial charge is 0.507 e. The van der Waals surface area contributed by atoms with Crippen molar-refractivity contribution >= 4 is 45.3 Å². The summed E-state index contributed by atoms with van der Waals surface area (Å²) in [6.45, 7) is 18.5. The zero-order valence-electron chi connectivity index (χ0n) is 28.7. The Morgan fingerprint density at radius 2 is 1.60 bits per heavy atom. The number of hydrogen-bond acceptors (Lipinski definition) is 8. The quantitative estimate of drug-likeness (QED) is 0.0991. The van der Waals surface area contributed by atoms with Crippen LogP contribution in [0.4, 0.5) is 0 Å². The summed E-state index contributed by atoms with van der Waals surface area (Å²) in [6.07, 6.45) is 5.20. The summed E-state index contributed by atoms with van der Waals surface area (Å²) in [6, 6.07) is 12.0. The summed E-state index contributed by atoms with van der Waals surface area (Å²) < 4.78 is 13.7. The van der Waals surface area contributed by atoms with Crippen LogP contribution in [-0.2, 0) is 36.3 Å². The molecule has 0 fully saturated rings. The fourth-order valence-corrected chi connectivity index (χ4v) is 7.15. The van der Waals surface area contributed by atoms with Gasteiger partial charge in [-0.2, -0.15) is 0 Å². The van der Waals surface area contributed by atoms with E-state index in [1.54, 1.807) is 11.3 Å². The van der Waals surface area contributed by atoms with Crippen LogP contribution in [0.15, 0.2) is 40.7 Å². The Labute approximate surface area is 278 Å². The molecule has 2 aromatic carbocycles. The summed E-state index contributed by atoms with van der Waals surface area (Å²) in [4.78, 5) is 31.0. The molecule has 3 rings (SSSR count). The molecule has 1 atom stereocenters. The van der Waals surface area contributed by atoms with Crippen molar-refractivity contribution in [2.75, 3.05) is 12.4 Å². The van der Waals surface area contributed by atoms with E-state index in [0.29, 0.717) is 17.9 Å². The normalized spacial score (nSPS) is 13.2. The number of thiazole rings is 1. The van der Waals surface area contributed by atoms with Gasteiger partial charge >= 0.3 is 11.9 Å². The van der Waals surface area contributed by atoms with Crippen molar-refractivity contribution in [1.82, 2.24) is 4.98 Å². The van der Waals surface area contributed by atoms with Crippen LogP contribution in [-0.4, -0.2) is 40.5 Å². The minimum absolute atomic E-state index is 0.00948. The molecule has 6 nitrogen and oxygen atoms in total. The molecule has 8 heteroatoms. The van der Waals surface area contributed by atoms with E-state index >= 15 is 0 Å². The van der Waals surface area contributed by atoms with Crippen molar-refractivity contribution in [2.45, 2.75) is 129 Å². The summed E-state index contributed by atoms with van der Waals surface area (Å²) >= 11 is 3.12. The Balaban J connectivity index is 1.68. The second-order valence-electron chi connectivity index (χ2n) is 14.7. The predicted octanol–water partition coefficient (Wildman–Crippen LogP) is 9.77. The van der Waals surface area contributed by atoms with Crippen LogP contribution < -0.4 is 0 Å². The van der Waals surface area contributed by atoms with Crippen molar-refractivity contribution in [3.05, 3.63) is 53.1 Å². The predicted molar refractivity (Wildman–Crippen MR) is 188 cm³/mol. The molecule has 1 aromatic heterocycles. The van der Waals surface area contributed by atoms with E-state index in [-0.39, 0.29) is 35.8 Å². The Hall–Kier alpha value is -2.58.